The van der Waals surface area contributed by atoms with Gasteiger partial charge in [-0.25, -0.2) is 9.78 Å². The van der Waals surface area contributed by atoms with Crippen LogP contribution in [0.3, 0.4) is 0 Å². The molecule has 0 fully saturated rings. The molecule has 0 saturated carbocycles. The van der Waals surface area contributed by atoms with Crippen LogP contribution in [-0.4, -0.2) is 23.2 Å². The maximum Gasteiger partial charge on any atom is 0.327 e. The van der Waals surface area contributed by atoms with Crippen LogP contribution < -0.4 is 5.32 Å². The molecule has 5 nitrogen and oxygen atoms in total. The second-order valence-electron chi connectivity index (χ2n) is 6.92. The quantitative estimate of drug-likeness (QED) is 0.372. The first-order valence-electron chi connectivity index (χ1n) is 9.69. The summed E-state index contributed by atoms with van der Waals surface area (Å²) >= 11 is 0. The Hall–Kier alpha value is -3.54. The molecule has 4 rings (SSSR count). The van der Waals surface area contributed by atoms with Crippen LogP contribution in [0.1, 0.15) is 23.4 Å². The van der Waals surface area contributed by atoms with E-state index in [9.17, 15) is 9.90 Å². The van der Waals surface area contributed by atoms with Gasteiger partial charge in [-0.1, -0.05) is 78.9 Å². The Balaban J connectivity index is 1.76. The lowest BCUT2D eigenvalue weighted by atomic mass is 10.0. The van der Waals surface area contributed by atoms with E-state index in [0.29, 0.717) is 11.1 Å². The SMILES string of the molecule is COC(=O)[C@H](NC(O)c1cc(-c2ccccc2)nc2ccccc12)c1ccccc1. The summed E-state index contributed by atoms with van der Waals surface area (Å²) in [6, 6.07) is 27.7. The number of benzene rings is 3. The highest BCUT2D eigenvalue weighted by Gasteiger charge is 2.25. The number of pyridine rings is 1. The minimum absolute atomic E-state index is 0.470. The molecule has 5 heteroatoms. The number of aliphatic hydroxyl groups is 1. The van der Waals surface area contributed by atoms with Crippen molar-refractivity contribution in [1.29, 1.82) is 0 Å². The summed E-state index contributed by atoms with van der Waals surface area (Å²) in [5.74, 6) is -0.470. The van der Waals surface area contributed by atoms with Gasteiger partial charge in [0.2, 0.25) is 0 Å². The standard InChI is InChI=1S/C25H22N2O3/c1-30-25(29)23(18-12-6-3-7-13-18)27-24(28)20-16-22(17-10-4-2-5-11-17)26-21-15-9-8-14-19(20)21/h2-16,23-24,27-28H,1H3/t23-,24?/m1/s1. The molecule has 0 bridgehead atoms. The van der Waals surface area contributed by atoms with E-state index in [0.717, 1.165) is 22.2 Å². The normalized spacial score (nSPS) is 13.0. The van der Waals surface area contributed by atoms with E-state index in [1.54, 1.807) is 0 Å². The van der Waals surface area contributed by atoms with Crippen LogP contribution in [-0.2, 0) is 9.53 Å². The van der Waals surface area contributed by atoms with Gasteiger partial charge in [-0.15, -0.1) is 0 Å². The highest BCUT2D eigenvalue weighted by atomic mass is 16.5. The lowest BCUT2D eigenvalue weighted by Gasteiger charge is -2.22. The van der Waals surface area contributed by atoms with E-state index in [2.05, 4.69) is 5.32 Å². The lowest BCUT2D eigenvalue weighted by molar-refractivity contribution is -0.144. The number of hydrogen-bond acceptors (Lipinski definition) is 5. The third-order valence-electron chi connectivity index (χ3n) is 5.01. The minimum atomic E-state index is -1.11. The highest BCUT2D eigenvalue weighted by molar-refractivity contribution is 5.85. The van der Waals surface area contributed by atoms with Crippen LogP contribution in [0, 0.1) is 0 Å². The van der Waals surface area contributed by atoms with Crippen LogP contribution >= 0.6 is 0 Å². The Bertz CT molecular complexity index is 1150. The molecule has 1 heterocycles. The summed E-state index contributed by atoms with van der Waals surface area (Å²) in [6.07, 6.45) is -1.11. The summed E-state index contributed by atoms with van der Waals surface area (Å²) in [5.41, 5.74) is 3.82. The van der Waals surface area contributed by atoms with Gasteiger partial charge in [0.15, 0.2) is 0 Å². The number of esters is 1. The van der Waals surface area contributed by atoms with Crippen molar-refractivity contribution in [3.63, 3.8) is 0 Å². The van der Waals surface area contributed by atoms with Gasteiger partial charge in [0.1, 0.15) is 12.3 Å². The molecular formula is C25H22N2O3. The molecule has 0 saturated heterocycles. The molecule has 2 atom stereocenters. The van der Waals surface area contributed by atoms with Crippen molar-refractivity contribution in [2.75, 3.05) is 7.11 Å². The van der Waals surface area contributed by atoms with Gasteiger partial charge in [-0.2, -0.15) is 0 Å². The number of ether oxygens (including phenoxy) is 1. The number of aromatic nitrogens is 1. The molecule has 1 unspecified atom stereocenters. The fraction of sp³-hybridized carbons (Fsp3) is 0.120. The van der Waals surface area contributed by atoms with E-state index >= 15 is 0 Å². The number of methoxy groups -OCH3 is 1. The Kier molecular flexibility index (Phi) is 5.84. The van der Waals surface area contributed by atoms with Gasteiger partial charge >= 0.3 is 5.97 Å². The van der Waals surface area contributed by atoms with E-state index in [-0.39, 0.29) is 0 Å². The average molecular weight is 398 g/mol. The zero-order valence-electron chi connectivity index (χ0n) is 16.5. The minimum Gasteiger partial charge on any atom is -0.468 e. The molecule has 30 heavy (non-hydrogen) atoms. The van der Waals surface area contributed by atoms with Gasteiger partial charge < -0.3 is 9.84 Å². The van der Waals surface area contributed by atoms with Crippen molar-refractivity contribution >= 4 is 16.9 Å². The van der Waals surface area contributed by atoms with E-state index in [4.69, 9.17) is 9.72 Å². The first kappa shape index (κ1) is 19.8. The molecule has 0 amide bonds. The van der Waals surface area contributed by atoms with E-state index < -0.39 is 18.2 Å². The molecule has 150 valence electrons. The van der Waals surface area contributed by atoms with Crippen molar-refractivity contribution in [2.45, 2.75) is 12.3 Å². The first-order valence-corrected chi connectivity index (χ1v) is 9.69. The summed E-state index contributed by atoms with van der Waals surface area (Å²) in [7, 11) is 1.33. The fourth-order valence-electron chi connectivity index (χ4n) is 3.50. The van der Waals surface area contributed by atoms with E-state index in [1.165, 1.54) is 7.11 Å². The second kappa shape index (κ2) is 8.86. The number of nitrogens with one attached hydrogen (secondary N) is 1. The summed E-state index contributed by atoms with van der Waals surface area (Å²) in [4.78, 5) is 17.2. The van der Waals surface area contributed by atoms with Crippen molar-refractivity contribution in [2.24, 2.45) is 0 Å². The molecule has 0 aliphatic rings. The molecular weight excluding hydrogens is 376 g/mol. The Morgan fingerprint density at radius 2 is 1.57 bits per heavy atom. The predicted molar refractivity (Wildman–Crippen MR) is 116 cm³/mol. The molecule has 0 aliphatic heterocycles. The van der Waals surface area contributed by atoms with Crippen molar-refractivity contribution in [3.05, 3.63) is 102 Å². The molecule has 4 aromatic rings. The van der Waals surface area contributed by atoms with Gasteiger partial charge in [-0.3, -0.25) is 5.32 Å². The lowest BCUT2D eigenvalue weighted by Crippen LogP contribution is -2.33. The fourth-order valence-corrected chi connectivity index (χ4v) is 3.50. The largest absolute Gasteiger partial charge is 0.468 e. The van der Waals surface area contributed by atoms with Crippen molar-refractivity contribution in [1.82, 2.24) is 10.3 Å². The third-order valence-corrected chi connectivity index (χ3v) is 5.01. The molecule has 2 N–H and O–H groups in total. The average Bonchev–Trinajstić information content (AvgIpc) is 2.82. The number of aliphatic hydroxyl groups excluding tert-OH is 1. The van der Waals surface area contributed by atoms with Crippen LogP contribution in [0.2, 0.25) is 0 Å². The van der Waals surface area contributed by atoms with Gasteiger partial charge in [0, 0.05) is 16.5 Å². The maximum atomic E-state index is 12.4. The number of nitrogens with zero attached hydrogens (tertiary/aromatic N) is 1. The number of rotatable bonds is 6. The zero-order valence-corrected chi connectivity index (χ0v) is 16.5. The topological polar surface area (TPSA) is 71.5 Å². The van der Waals surface area contributed by atoms with Crippen LogP contribution in [0.15, 0.2) is 91.0 Å². The molecule has 0 radical (unpaired) electrons. The van der Waals surface area contributed by atoms with E-state index in [1.807, 2.05) is 91.0 Å². The maximum absolute atomic E-state index is 12.4. The number of para-hydroxylation sites is 1. The van der Waals surface area contributed by atoms with Gasteiger partial charge in [0.25, 0.3) is 0 Å². The molecule has 0 aliphatic carbocycles. The van der Waals surface area contributed by atoms with Crippen molar-refractivity contribution in [3.8, 4) is 11.3 Å². The second-order valence-corrected chi connectivity index (χ2v) is 6.92. The van der Waals surface area contributed by atoms with Gasteiger partial charge in [-0.05, 0) is 17.7 Å². The number of hydrogen-bond donors (Lipinski definition) is 2. The smallest absolute Gasteiger partial charge is 0.327 e. The molecule has 3 aromatic carbocycles. The van der Waals surface area contributed by atoms with Crippen LogP contribution in [0.25, 0.3) is 22.2 Å². The predicted octanol–water partition coefficient (Wildman–Crippen LogP) is 4.40. The van der Waals surface area contributed by atoms with Gasteiger partial charge in [0.05, 0.1) is 18.3 Å². The Labute approximate surface area is 175 Å². The summed E-state index contributed by atoms with van der Waals surface area (Å²) in [5, 5.41) is 15.0. The first-order chi connectivity index (χ1) is 14.7. The van der Waals surface area contributed by atoms with Crippen LogP contribution in [0.4, 0.5) is 0 Å². The van der Waals surface area contributed by atoms with Crippen molar-refractivity contribution < 1.29 is 14.6 Å². The highest BCUT2D eigenvalue weighted by Crippen LogP contribution is 2.29. The Morgan fingerprint density at radius 3 is 2.27 bits per heavy atom. The third kappa shape index (κ3) is 4.08. The summed E-state index contributed by atoms with van der Waals surface area (Å²) in [6.45, 7) is 0. The summed E-state index contributed by atoms with van der Waals surface area (Å²) < 4.78 is 4.96. The van der Waals surface area contributed by atoms with Crippen LogP contribution in [0.5, 0.6) is 0 Å². The Morgan fingerprint density at radius 1 is 0.933 bits per heavy atom. The number of carbonyl (C=O) groups is 1. The number of carbonyl (C=O) groups excluding carboxylic acids is 1. The zero-order chi connectivity index (χ0) is 20.9. The monoisotopic (exact) mass is 398 g/mol. The molecule has 0 spiro atoms. The number of fused-ring (bicyclic) bond motifs is 1. The molecule has 1 aromatic heterocycles.